The van der Waals surface area contributed by atoms with E-state index in [2.05, 4.69) is 9.88 Å². The van der Waals surface area contributed by atoms with Crippen molar-refractivity contribution in [3.63, 3.8) is 0 Å². The van der Waals surface area contributed by atoms with Crippen molar-refractivity contribution < 1.29 is 14.6 Å². The lowest BCUT2D eigenvalue weighted by Gasteiger charge is -2.25. The van der Waals surface area contributed by atoms with Gasteiger partial charge in [-0.15, -0.1) is 0 Å². The first kappa shape index (κ1) is 15.0. The molecular weight excluding hydrogens is 306 g/mol. The molecule has 1 saturated heterocycles. The molecule has 1 aromatic heterocycles. The summed E-state index contributed by atoms with van der Waals surface area (Å²) in [4.78, 5) is 20.8. The minimum absolute atomic E-state index is 0.0300. The molecule has 24 heavy (non-hydrogen) atoms. The second kappa shape index (κ2) is 5.79. The third-order valence-corrected chi connectivity index (χ3v) is 4.78. The molecule has 124 valence electrons. The van der Waals surface area contributed by atoms with Gasteiger partial charge < -0.3 is 14.7 Å². The average molecular weight is 325 g/mol. The molecule has 0 aliphatic carbocycles. The number of amides is 1. The van der Waals surface area contributed by atoms with Gasteiger partial charge in [0.05, 0.1) is 6.04 Å². The highest BCUT2D eigenvalue weighted by atomic mass is 16.5. The van der Waals surface area contributed by atoms with Crippen molar-refractivity contribution in [1.82, 2.24) is 14.8 Å². The Hall–Kier alpha value is -2.60. The third-order valence-electron chi connectivity index (χ3n) is 4.78. The zero-order chi connectivity index (χ0) is 16.7. The van der Waals surface area contributed by atoms with Gasteiger partial charge in [0.25, 0.3) is 5.91 Å². The molecule has 1 N–H and O–H groups in total. The zero-order valence-electron chi connectivity index (χ0n) is 13.4. The minimum Gasteiger partial charge on any atom is -0.508 e. The van der Waals surface area contributed by atoms with E-state index in [0.717, 1.165) is 5.56 Å². The van der Waals surface area contributed by atoms with E-state index in [1.807, 2.05) is 25.2 Å². The maximum absolute atomic E-state index is 12.6. The Morgan fingerprint density at radius 2 is 2.08 bits per heavy atom. The van der Waals surface area contributed by atoms with Gasteiger partial charge in [-0.25, -0.2) is 4.98 Å². The van der Waals surface area contributed by atoms with E-state index >= 15 is 0 Å². The molecule has 2 atom stereocenters. The molecule has 6 nitrogen and oxygen atoms in total. The van der Waals surface area contributed by atoms with E-state index in [9.17, 15) is 9.90 Å². The van der Waals surface area contributed by atoms with Crippen LogP contribution in [0.1, 0.15) is 15.9 Å². The number of rotatable bonds is 2. The number of fused-ring (bicyclic) bond motifs is 2. The molecule has 0 bridgehead atoms. The van der Waals surface area contributed by atoms with Crippen molar-refractivity contribution in [3.05, 3.63) is 53.7 Å². The SMILES string of the molecule is CN1C(=O)c2cccnc2O[C@H]2CN(Cc3ccccc3O)C[C@H]21. The van der Waals surface area contributed by atoms with Crippen LogP contribution in [-0.2, 0) is 6.54 Å². The number of carbonyl (C=O) groups excluding carboxylic acids is 1. The van der Waals surface area contributed by atoms with Gasteiger partial charge in [0.15, 0.2) is 0 Å². The second-order valence-corrected chi connectivity index (χ2v) is 6.32. The molecule has 1 fully saturated rings. The van der Waals surface area contributed by atoms with Crippen molar-refractivity contribution in [1.29, 1.82) is 0 Å². The Bertz CT molecular complexity index is 780. The Balaban J connectivity index is 1.57. The summed E-state index contributed by atoms with van der Waals surface area (Å²) in [6, 6.07) is 10.8. The van der Waals surface area contributed by atoms with Gasteiger partial charge in [-0.2, -0.15) is 0 Å². The number of ether oxygens (including phenoxy) is 1. The number of pyridine rings is 1. The fourth-order valence-electron chi connectivity index (χ4n) is 3.47. The molecule has 4 rings (SSSR count). The summed E-state index contributed by atoms with van der Waals surface area (Å²) in [7, 11) is 1.81. The van der Waals surface area contributed by atoms with Crippen molar-refractivity contribution >= 4 is 5.91 Å². The average Bonchev–Trinajstić information content (AvgIpc) is 2.94. The monoisotopic (exact) mass is 325 g/mol. The van der Waals surface area contributed by atoms with Crippen LogP contribution in [0.15, 0.2) is 42.6 Å². The third kappa shape index (κ3) is 2.49. The maximum atomic E-state index is 12.6. The van der Waals surface area contributed by atoms with E-state index in [-0.39, 0.29) is 18.1 Å². The highest BCUT2D eigenvalue weighted by molar-refractivity contribution is 5.96. The number of aromatic hydroxyl groups is 1. The fraction of sp³-hybridized carbons (Fsp3) is 0.333. The summed E-state index contributed by atoms with van der Waals surface area (Å²) in [5.41, 5.74) is 1.39. The van der Waals surface area contributed by atoms with Gasteiger partial charge in [0.1, 0.15) is 17.4 Å². The molecule has 0 radical (unpaired) electrons. The molecule has 0 saturated carbocycles. The number of hydrogen-bond donors (Lipinski definition) is 1. The van der Waals surface area contributed by atoms with Crippen LogP contribution in [-0.4, -0.2) is 58.1 Å². The van der Waals surface area contributed by atoms with Crippen LogP contribution >= 0.6 is 0 Å². The largest absolute Gasteiger partial charge is 0.508 e. The van der Waals surface area contributed by atoms with E-state index in [4.69, 9.17) is 4.74 Å². The topological polar surface area (TPSA) is 65.9 Å². The standard InChI is InChI=1S/C18H19N3O3/c1-20-14-10-21(9-12-5-2-3-7-15(12)22)11-16(14)24-17-13(18(20)23)6-4-8-19-17/h2-8,14,16,22H,9-11H2,1H3/t14-,16+/m1/s1. The van der Waals surface area contributed by atoms with Crippen LogP contribution in [0.3, 0.4) is 0 Å². The number of phenols is 1. The van der Waals surface area contributed by atoms with Crippen molar-refractivity contribution in [2.45, 2.75) is 18.7 Å². The number of likely N-dealkylation sites (N-methyl/N-ethyl adjacent to an activating group) is 1. The first-order valence-corrected chi connectivity index (χ1v) is 8.01. The summed E-state index contributed by atoms with van der Waals surface area (Å²) in [5, 5.41) is 9.97. The Kier molecular flexibility index (Phi) is 3.61. The summed E-state index contributed by atoms with van der Waals surface area (Å²) in [6.45, 7) is 2.02. The van der Waals surface area contributed by atoms with Crippen LogP contribution in [0.5, 0.6) is 11.6 Å². The number of aromatic nitrogens is 1. The van der Waals surface area contributed by atoms with Crippen LogP contribution < -0.4 is 4.74 Å². The molecule has 2 aliphatic heterocycles. The van der Waals surface area contributed by atoms with Crippen LogP contribution in [0.4, 0.5) is 0 Å². The molecular formula is C18H19N3O3. The zero-order valence-corrected chi connectivity index (χ0v) is 13.4. The normalized spacial score (nSPS) is 23.4. The lowest BCUT2D eigenvalue weighted by molar-refractivity contribution is 0.0680. The Labute approximate surface area is 140 Å². The smallest absolute Gasteiger partial charge is 0.259 e. The van der Waals surface area contributed by atoms with E-state index in [0.29, 0.717) is 36.8 Å². The lowest BCUT2D eigenvalue weighted by atomic mass is 10.2. The van der Waals surface area contributed by atoms with Gasteiger partial charge in [-0.05, 0) is 18.2 Å². The fourth-order valence-corrected chi connectivity index (χ4v) is 3.47. The minimum atomic E-state index is -0.124. The van der Waals surface area contributed by atoms with Gasteiger partial charge >= 0.3 is 0 Å². The first-order chi connectivity index (χ1) is 11.6. The molecule has 1 amide bonds. The molecule has 2 aliphatic rings. The highest BCUT2D eigenvalue weighted by Gasteiger charge is 2.42. The predicted octanol–water partition coefficient (Wildman–Crippen LogP) is 1.50. The van der Waals surface area contributed by atoms with Crippen molar-refractivity contribution in [3.8, 4) is 11.6 Å². The van der Waals surface area contributed by atoms with Crippen molar-refractivity contribution in [2.75, 3.05) is 20.1 Å². The van der Waals surface area contributed by atoms with Gasteiger partial charge in [-0.1, -0.05) is 18.2 Å². The van der Waals surface area contributed by atoms with E-state index in [1.165, 1.54) is 0 Å². The van der Waals surface area contributed by atoms with E-state index in [1.54, 1.807) is 29.3 Å². The summed E-state index contributed by atoms with van der Waals surface area (Å²) in [6.07, 6.45) is 1.52. The number of nitrogens with zero attached hydrogens (tertiary/aromatic N) is 3. The van der Waals surface area contributed by atoms with Crippen molar-refractivity contribution in [2.24, 2.45) is 0 Å². The summed E-state index contributed by atoms with van der Waals surface area (Å²) in [5.74, 6) is 0.642. The molecule has 3 heterocycles. The molecule has 1 aromatic carbocycles. The van der Waals surface area contributed by atoms with Crippen LogP contribution in [0.2, 0.25) is 0 Å². The van der Waals surface area contributed by atoms with Gasteiger partial charge in [0, 0.05) is 38.4 Å². The molecule has 0 spiro atoms. The number of phenolic OH excluding ortho intramolecular Hbond substituents is 1. The van der Waals surface area contributed by atoms with E-state index < -0.39 is 0 Å². The number of hydrogen-bond acceptors (Lipinski definition) is 5. The summed E-state index contributed by atoms with van der Waals surface area (Å²) < 4.78 is 6.04. The Morgan fingerprint density at radius 1 is 1.25 bits per heavy atom. The lowest BCUT2D eigenvalue weighted by Crippen LogP contribution is -2.44. The van der Waals surface area contributed by atoms with Crippen LogP contribution in [0.25, 0.3) is 0 Å². The second-order valence-electron chi connectivity index (χ2n) is 6.32. The molecule has 2 aromatic rings. The number of carbonyl (C=O) groups is 1. The first-order valence-electron chi connectivity index (χ1n) is 8.01. The molecule has 0 unspecified atom stereocenters. The van der Waals surface area contributed by atoms with Crippen LogP contribution in [0, 0.1) is 0 Å². The Morgan fingerprint density at radius 3 is 2.92 bits per heavy atom. The maximum Gasteiger partial charge on any atom is 0.259 e. The number of para-hydroxylation sites is 1. The number of likely N-dealkylation sites (tertiary alicyclic amines) is 1. The van der Waals surface area contributed by atoms with Gasteiger partial charge in [-0.3, -0.25) is 9.69 Å². The summed E-state index contributed by atoms with van der Waals surface area (Å²) >= 11 is 0. The van der Waals surface area contributed by atoms with Gasteiger partial charge in [0.2, 0.25) is 5.88 Å². The quantitative estimate of drug-likeness (QED) is 0.906. The predicted molar refractivity (Wildman–Crippen MR) is 87.9 cm³/mol. The number of benzene rings is 1. The highest BCUT2D eigenvalue weighted by Crippen LogP contribution is 2.30. The molecule has 6 heteroatoms.